The van der Waals surface area contributed by atoms with Gasteiger partial charge < -0.3 is 30.1 Å². The third-order valence-corrected chi connectivity index (χ3v) is 4.41. The first-order chi connectivity index (χ1) is 14.8. The molecular weight excluding hydrogens is 507 g/mol. The number of nitrogens with one attached hydrogen (secondary N) is 4. The van der Waals surface area contributed by atoms with E-state index in [0.29, 0.717) is 26.2 Å². The fourth-order valence-electron chi connectivity index (χ4n) is 2.76. The van der Waals surface area contributed by atoms with E-state index in [1.807, 2.05) is 24.3 Å². The zero-order chi connectivity index (χ0) is 21.0. The number of hydrogen-bond acceptors (Lipinski definition) is 4. The number of halogens is 1. The van der Waals surface area contributed by atoms with Crippen molar-refractivity contribution in [3.8, 4) is 0 Å². The fraction of sp³-hybridized carbons (Fsp3) is 0.273. The van der Waals surface area contributed by atoms with Crippen molar-refractivity contribution in [1.29, 1.82) is 0 Å². The average molecular weight is 536 g/mol. The minimum atomic E-state index is 0. The Morgan fingerprint density at radius 1 is 0.645 bits per heavy atom. The number of furan rings is 2. The van der Waals surface area contributed by atoms with E-state index in [4.69, 9.17) is 8.83 Å². The maximum atomic E-state index is 5.32. The maximum absolute atomic E-state index is 5.32. The summed E-state index contributed by atoms with van der Waals surface area (Å²) < 4.78 is 10.6. The van der Waals surface area contributed by atoms with Gasteiger partial charge in [-0.1, -0.05) is 24.3 Å². The predicted octanol–water partition coefficient (Wildman–Crippen LogP) is 3.22. The molecule has 9 heteroatoms. The molecule has 166 valence electrons. The van der Waals surface area contributed by atoms with Crippen molar-refractivity contribution >= 4 is 35.9 Å². The van der Waals surface area contributed by atoms with Crippen molar-refractivity contribution in [3.63, 3.8) is 0 Å². The monoisotopic (exact) mass is 536 g/mol. The number of rotatable bonds is 8. The van der Waals surface area contributed by atoms with Crippen LogP contribution in [0.25, 0.3) is 0 Å². The van der Waals surface area contributed by atoms with Crippen molar-refractivity contribution in [2.45, 2.75) is 26.2 Å². The molecule has 0 saturated carbocycles. The smallest absolute Gasteiger partial charge is 0.191 e. The van der Waals surface area contributed by atoms with Gasteiger partial charge >= 0.3 is 0 Å². The molecular formula is C22H29IN6O2. The number of benzene rings is 1. The van der Waals surface area contributed by atoms with Gasteiger partial charge in [-0.25, -0.2) is 0 Å². The van der Waals surface area contributed by atoms with Gasteiger partial charge in [0, 0.05) is 27.2 Å². The molecule has 2 aromatic heterocycles. The zero-order valence-electron chi connectivity index (χ0n) is 17.7. The van der Waals surface area contributed by atoms with Gasteiger partial charge in [-0.15, -0.1) is 24.0 Å². The van der Waals surface area contributed by atoms with Gasteiger partial charge in [0.1, 0.15) is 11.5 Å². The van der Waals surface area contributed by atoms with E-state index in [1.54, 1.807) is 26.6 Å². The van der Waals surface area contributed by atoms with Crippen LogP contribution in [0.4, 0.5) is 0 Å². The van der Waals surface area contributed by atoms with Gasteiger partial charge in [0.25, 0.3) is 0 Å². The number of nitrogens with zero attached hydrogens (tertiary/aromatic N) is 2. The summed E-state index contributed by atoms with van der Waals surface area (Å²) in [7, 11) is 3.50. The highest BCUT2D eigenvalue weighted by Gasteiger charge is 2.03. The third-order valence-electron chi connectivity index (χ3n) is 4.41. The molecule has 0 saturated heterocycles. The molecule has 0 radical (unpaired) electrons. The lowest BCUT2D eigenvalue weighted by atomic mass is 10.1. The van der Waals surface area contributed by atoms with Gasteiger partial charge in [-0.05, 0) is 35.4 Å². The van der Waals surface area contributed by atoms with E-state index < -0.39 is 0 Å². The summed E-state index contributed by atoms with van der Waals surface area (Å²) in [6.07, 6.45) is 3.32. The molecule has 2 heterocycles. The quantitative estimate of drug-likeness (QED) is 0.201. The largest absolute Gasteiger partial charge is 0.467 e. The SMILES string of the molecule is CN=C(NCc1ccc(CNC(=NC)NCc2ccco2)cc1)NCc1ccco1.I. The second-order valence-electron chi connectivity index (χ2n) is 6.53. The summed E-state index contributed by atoms with van der Waals surface area (Å²) in [5, 5.41) is 13.0. The molecule has 0 aliphatic heterocycles. The third kappa shape index (κ3) is 8.36. The van der Waals surface area contributed by atoms with Crippen LogP contribution < -0.4 is 21.3 Å². The molecule has 0 atom stereocenters. The molecule has 0 fully saturated rings. The van der Waals surface area contributed by atoms with E-state index in [-0.39, 0.29) is 24.0 Å². The van der Waals surface area contributed by atoms with E-state index in [0.717, 1.165) is 23.4 Å². The Balaban J connectivity index is 0.00000341. The van der Waals surface area contributed by atoms with Crippen LogP contribution in [0.15, 0.2) is 79.9 Å². The Labute approximate surface area is 199 Å². The van der Waals surface area contributed by atoms with Gasteiger partial charge in [0.15, 0.2) is 11.9 Å². The Bertz CT molecular complexity index is 844. The molecule has 3 aromatic rings. The highest BCUT2D eigenvalue weighted by Crippen LogP contribution is 2.05. The summed E-state index contributed by atoms with van der Waals surface area (Å²) in [5.41, 5.74) is 2.33. The first-order valence-corrected chi connectivity index (χ1v) is 9.78. The summed E-state index contributed by atoms with van der Waals surface area (Å²) >= 11 is 0. The summed E-state index contributed by atoms with van der Waals surface area (Å²) in [6, 6.07) is 16.0. The standard InChI is InChI=1S/C22H28N6O2.HI/c1-23-21(27-15-19-5-3-11-29-19)25-13-17-7-9-18(10-8-17)14-26-22(24-2)28-16-20-6-4-12-30-20;/h3-12H,13-16H2,1-2H3,(H2,23,25,27)(H2,24,26,28);1H. The van der Waals surface area contributed by atoms with Crippen LogP contribution in [0.2, 0.25) is 0 Å². The van der Waals surface area contributed by atoms with Crippen LogP contribution in [0.1, 0.15) is 22.6 Å². The minimum absolute atomic E-state index is 0. The Morgan fingerprint density at radius 3 is 1.35 bits per heavy atom. The minimum Gasteiger partial charge on any atom is -0.467 e. The highest BCUT2D eigenvalue weighted by atomic mass is 127. The number of hydrogen-bond donors (Lipinski definition) is 4. The van der Waals surface area contributed by atoms with Crippen molar-refractivity contribution in [2.24, 2.45) is 9.98 Å². The van der Waals surface area contributed by atoms with Crippen molar-refractivity contribution in [1.82, 2.24) is 21.3 Å². The van der Waals surface area contributed by atoms with Crippen LogP contribution in [0.5, 0.6) is 0 Å². The molecule has 0 unspecified atom stereocenters. The van der Waals surface area contributed by atoms with Gasteiger partial charge in [-0.2, -0.15) is 0 Å². The van der Waals surface area contributed by atoms with E-state index in [9.17, 15) is 0 Å². The average Bonchev–Trinajstić information content (AvgIpc) is 3.49. The summed E-state index contributed by atoms with van der Waals surface area (Å²) in [6.45, 7) is 2.54. The topological polar surface area (TPSA) is 99.1 Å². The second-order valence-corrected chi connectivity index (χ2v) is 6.53. The summed E-state index contributed by atoms with van der Waals surface area (Å²) in [4.78, 5) is 8.46. The van der Waals surface area contributed by atoms with Crippen LogP contribution in [0, 0.1) is 0 Å². The van der Waals surface area contributed by atoms with Gasteiger partial charge in [0.2, 0.25) is 0 Å². The highest BCUT2D eigenvalue weighted by molar-refractivity contribution is 14.0. The second kappa shape index (κ2) is 13.4. The molecule has 0 bridgehead atoms. The Hall–Kier alpha value is -2.95. The van der Waals surface area contributed by atoms with E-state index >= 15 is 0 Å². The van der Waals surface area contributed by atoms with Crippen LogP contribution in [-0.4, -0.2) is 26.0 Å². The van der Waals surface area contributed by atoms with Crippen molar-refractivity contribution < 1.29 is 8.83 Å². The van der Waals surface area contributed by atoms with Gasteiger partial charge in [0.05, 0.1) is 25.6 Å². The molecule has 0 spiro atoms. The zero-order valence-corrected chi connectivity index (χ0v) is 20.1. The predicted molar refractivity (Wildman–Crippen MR) is 133 cm³/mol. The molecule has 0 aliphatic carbocycles. The van der Waals surface area contributed by atoms with Gasteiger partial charge in [-0.3, -0.25) is 9.98 Å². The molecule has 4 N–H and O–H groups in total. The summed E-state index contributed by atoms with van der Waals surface area (Å²) in [5.74, 6) is 3.18. The van der Waals surface area contributed by atoms with E-state index in [1.165, 1.54) is 11.1 Å². The lowest BCUT2D eigenvalue weighted by molar-refractivity contribution is 0.501. The van der Waals surface area contributed by atoms with Crippen molar-refractivity contribution in [2.75, 3.05) is 14.1 Å². The first-order valence-electron chi connectivity index (χ1n) is 9.78. The Morgan fingerprint density at radius 2 is 1.03 bits per heavy atom. The molecule has 3 rings (SSSR count). The fourth-order valence-corrected chi connectivity index (χ4v) is 2.76. The normalized spacial score (nSPS) is 11.5. The van der Waals surface area contributed by atoms with Crippen LogP contribution in [0.3, 0.4) is 0 Å². The van der Waals surface area contributed by atoms with E-state index in [2.05, 4.69) is 55.5 Å². The number of guanidine groups is 2. The first kappa shape index (κ1) is 24.3. The lowest BCUT2D eigenvalue weighted by Crippen LogP contribution is -2.36. The molecule has 31 heavy (non-hydrogen) atoms. The molecule has 8 nitrogen and oxygen atoms in total. The lowest BCUT2D eigenvalue weighted by Gasteiger charge is -2.13. The van der Waals surface area contributed by atoms with Crippen LogP contribution in [-0.2, 0) is 26.2 Å². The molecule has 0 amide bonds. The number of aliphatic imine (C=N–C) groups is 2. The molecule has 1 aromatic carbocycles. The van der Waals surface area contributed by atoms with Crippen LogP contribution >= 0.6 is 24.0 Å². The molecule has 0 aliphatic rings. The Kier molecular flexibility index (Phi) is 10.5. The maximum Gasteiger partial charge on any atom is 0.191 e. The van der Waals surface area contributed by atoms with Crippen molar-refractivity contribution in [3.05, 3.63) is 83.7 Å².